The van der Waals surface area contributed by atoms with E-state index < -0.39 is 17.8 Å². The maximum absolute atomic E-state index is 13.5. The molecule has 1 aromatic carbocycles. The Kier molecular flexibility index (Phi) is 4.39. The fourth-order valence-electron chi connectivity index (χ4n) is 3.06. The molecule has 0 saturated heterocycles. The maximum Gasteiger partial charge on any atom is 0.418 e. The van der Waals surface area contributed by atoms with Crippen molar-refractivity contribution in [2.24, 2.45) is 0 Å². The molecule has 0 bridgehead atoms. The minimum absolute atomic E-state index is 0.264. The molecule has 5 nitrogen and oxygen atoms in total. The first-order valence-electron chi connectivity index (χ1n) is 8.24. The number of anilines is 1. The molecule has 0 radical (unpaired) electrons. The van der Waals surface area contributed by atoms with E-state index in [2.05, 4.69) is 10.4 Å². The van der Waals surface area contributed by atoms with Gasteiger partial charge in [0.25, 0.3) is 0 Å². The Morgan fingerprint density at radius 1 is 1.26 bits per heavy atom. The Bertz CT molecular complexity index is 965. The number of nitrogens with zero attached hydrogens (tertiary/aromatic N) is 3. The summed E-state index contributed by atoms with van der Waals surface area (Å²) in [6, 6.07) is 6.76. The lowest BCUT2D eigenvalue weighted by Crippen LogP contribution is -2.38. The van der Waals surface area contributed by atoms with Crippen LogP contribution in [0.2, 0.25) is 0 Å². The quantitative estimate of drug-likeness (QED) is 0.696. The lowest BCUT2D eigenvalue weighted by Gasteiger charge is -2.27. The van der Waals surface area contributed by atoms with Crippen LogP contribution in [0, 0.1) is 0 Å². The molecule has 3 heterocycles. The number of carbonyl (C=O) groups is 1. The number of thiophene rings is 1. The number of fused-ring (bicyclic) bond motifs is 1. The lowest BCUT2D eigenvalue weighted by molar-refractivity contribution is -0.136. The molecule has 1 aliphatic heterocycles. The number of carbonyl (C=O) groups excluding carboxylic acids is 1. The third kappa shape index (κ3) is 3.55. The van der Waals surface area contributed by atoms with Gasteiger partial charge in [-0.25, -0.2) is 9.48 Å². The number of nitrogens with one attached hydrogen (secondary N) is 1. The summed E-state index contributed by atoms with van der Waals surface area (Å²) in [4.78, 5) is 15.3. The highest BCUT2D eigenvalue weighted by atomic mass is 32.1. The first kappa shape index (κ1) is 17.6. The fraction of sp³-hybridized carbons (Fsp3) is 0.222. The maximum atomic E-state index is 13.5. The van der Waals surface area contributed by atoms with E-state index in [-0.39, 0.29) is 11.4 Å². The molecule has 140 valence electrons. The summed E-state index contributed by atoms with van der Waals surface area (Å²) in [6.45, 7) is 0.878. The van der Waals surface area contributed by atoms with E-state index in [0.717, 1.165) is 11.6 Å². The van der Waals surface area contributed by atoms with Gasteiger partial charge in [0.1, 0.15) is 0 Å². The normalized spacial score (nSPS) is 14.1. The second kappa shape index (κ2) is 6.73. The number of halogens is 3. The van der Waals surface area contributed by atoms with Crippen molar-refractivity contribution in [2.75, 3.05) is 11.9 Å². The molecule has 27 heavy (non-hydrogen) atoms. The van der Waals surface area contributed by atoms with Crippen molar-refractivity contribution in [1.82, 2.24) is 14.7 Å². The first-order valence-corrected chi connectivity index (χ1v) is 9.12. The molecule has 3 aromatic rings. The molecule has 0 unspecified atom stereocenters. The van der Waals surface area contributed by atoms with E-state index in [0.29, 0.717) is 19.5 Å². The molecule has 0 aliphatic carbocycles. The lowest BCUT2D eigenvalue weighted by atomic mass is 10.1. The van der Waals surface area contributed by atoms with Gasteiger partial charge < -0.3 is 10.2 Å². The minimum Gasteiger partial charge on any atom is -0.320 e. The summed E-state index contributed by atoms with van der Waals surface area (Å²) in [5, 5.41) is 8.33. The number of hydrogen-bond acceptors (Lipinski definition) is 3. The van der Waals surface area contributed by atoms with E-state index >= 15 is 0 Å². The summed E-state index contributed by atoms with van der Waals surface area (Å²) >= 11 is 1.63. The summed E-state index contributed by atoms with van der Waals surface area (Å²) in [5.74, 6) is 0. The van der Waals surface area contributed by atoms with Gasteiger partial charge in [0.2, 0.25) is 0 Å². The van der Waals surface area contributed by atoms with Crippen LogP contribution in [0.25, 0.3) is 5.69 Å². The number of rotatable bonds is 2. The van der Waals surface area contributed by atoms with Crippen LogP contribution in [0.3, 0.4) is 0 Å². The smallest absolute Gasteiger partial charge is 0.320 e. The van der Waals surface area contributed by atoms with Gasteiger partial charge in [0.05, 0.1) is 16.9 Å². The Morgan fingerprint density at radius 3 is 2.85 bits per heavy atom. The standard InChI is InChI=1S/C18H15F3N4OS/c19-18(20,21)14-10-13(25-7-1-6-22-25)2-3-15(14)23-17(26)24-8-4-16-12(11-24)5-9-27-16/h1-3,5-7,9-10H,4,8,11H2,(H,23,26). The van der Waals surface area contributed by atoms with Crippen molar-refractivity contribution in [3.63, 3.8) is 0 Å². The highest BCUT2D eigenvalue weighted by Gasteiger charge is 2.35. The van der Waals surface area contributed by atoms with Gasteiger partial charge in [-0.1, -0.05) is 0 Å². The van der Waals surface area contributed by atoms with Crippen LogP contribution in [-0.2, 0) is 19.1 Å². The fourth-order valence-corrected chi connectivity index (χ4v) is 3.95. The highest BCUT2D eigenvalue weighted by Crippen LogP contribution is 2.36. The SMILES string of the molecule is O=C(Nc1ccc(-n2cccn2)cc1C(F)(F)F)N1CCc2sccc2C1. The van der Waals surface area contributed by atoms with E-state index in [1.165, 1.54) is 32.8 Å². The van der Waals surface area contributed by atoms with E-state index in [4.69, 9.17) is 0 Å². The monoisotopic (exact) mass is 392 g/mol. The number of aromatic nitrogens is 2. The zero-order valence-corrected chi connectivity index (χ0v) is 14.8. The predicted octanol–water partition coefficient (Wildman–Crippen LogP) is 4.54. The number of benzene rings is 1. The van der Waals surface area contributed by atoms with Crippen LogP contribution in [0.15, 0.2) is 48.1 Å². The minimum atomic E-state index is -4.60. The van der Waals surface area contributed by atoms with Crippen LogP contribution in [0.4, 0.5) is 23.7 Å². The van der Waals surface area contributed by atoms with Crippen molar-refractivity contribution in [2.45, 2.75) is 19.1 Å². The van der Waals surface area contributed by atoms with Crippen molar-refractivity contribution in [3.8, 4) is 5.69 Å². The summed E-state index contributed by atoms with van der Waals surface area (Å²) < 4.78 is 41.9. The Morgan fingerprint density at radius 2 is 2.11 bits per heavy atom. The zero-order valence-electron chi connectivity index (χ0n) is 14.0. The molecule has 9 heteroatoms. The topological polar surface area (TPSA) is 50.2 Å². The molecule has 0 fully saturated rings. The van der Waals surface area contributed by atoms with E-state index in [1.807, 2.05) is 11.4 Å². The van der Waals surface area contributed by atoms with Crippen LogP contribution in [0.5, 0.6) is 0 Å². The number of hydrogen-bond donors (Lipinski definition) is 1. The van der Waals surface area contributed by atoms with Crippen LogP contribution in [-0.4, -0.2) is 27.3 Å². The number of alkyl halides is 3. The van der Waals surface area contributed by atoms with Crippen molar-refractivity contribution in [3.05, 3.63) is 64.1 Å². The Hall–Kier alpha value is -2.81. The van der Waals surface area contributed by atoms with Gasteiger partial charge >= 0.3 is 12.2 Å². The third-order valence-corrected chi connectivity index (χ3v) is 5.44. The molecule has 1 N–H and O–H groups in total. The van der Waals surface area contributed by atoms with Gasteiger partial charge in [-0.15, -0.1) is 11.3 Å². The first-order chi connectivity index (χ1) is 12.9. The van der Waals surface area contributed by atoms with E-state index in [1.54, 1.807) is 23.6 Å². The molecule has 2 aromatic heterocycles. The average Bonchev–Trinajstić information content (AvgIpc) is 3.32. The molecule has 0 spiro atoms. The Labute approximate surface area is 157 Å². The number of amides is 2. The predicted molar refractivity (Wildman–Crippen MR) is 96.0 cm³/mol. The summed E-state index contributed by atoms with van der Waals surface area (Å²) in [7, 11) is 0. The van der Waals surface area contributed by atoms with Gasteiger partial charge in [0.15, 0.2) is 0 Å². The second-order valence-corrected chi connectivity index (χ2v) is 7.15. The average molecular weight is 392 g/mol. The highest BCUT2D eigenvalue weighted by molar-refractivity contribution is 7.10. The van der Waals surface area contributed by atoms with Crippen LogP contribution in [0.1, 0.15) is 16.0 Å². The molecule has 4 rings (SSSR count). The van der Waals surface area contributed by atoms with Gasteiger partial charge in [0, 0.05) is 30.4 Å². The molecule has 1 aliphatic rings. The number of urea groups is 1. The van der Waals surface area contributed by atoms with Gasteiger partial charge in [-0.2, -0.15) is 18.3 Å². The molecule has 2 amide bonds. The van der Waals surface area contributed by atoms with Crippen LogP contribution < -0.4 is 5.32 Å². The van der Waals surface area contributed by atoms with Crippen molar-refractivity contribution < 1.29 is 18.0 Å². The molecular weight excluding hydrogens is 377 g/mol. The van der Waals surface area contributed by atoms with Crippen molar-refractivity contribution >= 4 is 23.1 Å². The largest absolute Gasteiger partial charge is 0.418 e. The van der Waals surface area contributed by atoms with Crippen molar-refractivity contribution in [1.29, 1.82) is 0 Å². The van der Waals surface area contributed by atoms with Gasteiger partial charge in [-0.3, -0.25) is 0 Å². The van der Waals surface area contributed by atoms with Gasteiger partial charge in [-0.05, 0) is 47.7 Å². The second-order valence-electron chi connectivity index (χ2n) is 6.15. The summed E-state index contributed by atoms with van der Waals surface area (Å²) in [5.41, 5.74) is 0.147. The van der Waals surface area contributed by atoms with Crippen LogP contribution >= 0.6 is 11.3 Å². The Balaban J connectivity index is 1.59. The molecular formula is C18H15F3N4OS. The molecule has 0 saturated carbocycles. The zero-order chi connectivity index (χ0) is 19.0. The third-order valence-electron chi connectivity index (χ3n) is 4.41. The summed E-state index contributed by atoms with van der Waals surface area (Å²) in [6.07, 6.45) is -0.850. The van der Waals surface area contributed by atoms with E-state index in [9.17, 15) is 18.0 Å². The molecule has 0 atom stereocenters.